The highest BCUT2D eigenvalue weighted by molar-refractivity contribution is 7.89. The number of rotatable bonds is 6. The van der Waals surface area contributed by atoms with Gasteiger partial charge in [-0.15, -0.1) is 0 Å². The van der Waals surface area contributed by atoms with Crippen LogP contribution < -0.4 is 15.4 Å². The minimum absolute atomic E-state index is 0.0671. The molecule has 0 saturated carbocycles. The average molecular weight is 300 g/mol. The number of aromatic nitrogens is 1. The Morgan fingerprint density at radius 3 is 2.30 bits per heavy atom. The molecule has 112 valence electrons. The van der Waals surface area contributed by atoms with E-state index in [1.54, 1.807) is 7.05 Å². The van der Waals surface area contributed by atoms with Crippen LogP contribution in [0, 0.1) is 5.92 Å². The van der Waals surface area contributed by atoms with Crippen LogP contribution in [-0.4, -0.2) is 39.4 Å². The van der Waals surface area contributed by atoms with Crippen LogP contribution in [0.2, 0.25) is 0 Å². The number of carbonyl (C=O) groups is 1. The Morgan fingerprint density at radius 2 is 1.90 bits per heavy atom. The van der Waals surface area contributed by atoms with Crippen LogP contribution in [0.4, 0.5) is 5.82 Å². The van der Waals surface area contributed by atoms with E-state index < -0.39 is 16.1 Å². The second kappa shape index (κ2) is 6.67. The van der Waals surface area contributed by atoms with Crippen molar-refractivity contribution >= 4 is 21.7 Å². The summed E-state index contributed by atoms with van der Waals surface area (Å²) >= 11 is 0. The third-order valence-electron chi connectivity index (χ3n) is 2.81. The molecule has 3 N–H and O–H groups in total. The standard InChI is InChI=1S/C12H20N4O3S/c1-8(2)11(12(17)13-3)16-10-6-5-9(7-15-10)20(18,19)14-4/h5-8,11,14H,1-4H3,(H,13,17)(H,15,16). The summed E-state index contributed by atoms with van der Waals surface area (Å²) in [4.78, 5) is 15.8. The van der Waals surface area contributed by atoms with Crippen molar-refractivity contribution in [2.45, 2.75) is 24.8 Å². The molecule has 0 saturated heterocycles. The quantitative estimate of drug-likeness (QED) is 0.695. The Morgan fingerprint density at radius 1 is 1.25 bits per heavy atom. The molecule has 1 atom stereocenters. The SMILES string of the molecule is CNC(=O)C(Nc1ccc(S(=O)(=O)NC)cn1)C(C)C. The van der Waals surface area contributed by atoms with E-state index in [2.05, 4.69) is 20.3 Å². The van der Waals surface area contributed by atoms with Gasteiger partial charge >= 0.3 is 0 Å². The van der Waals surface area contributed by atoms with E-state index in [0.29, 0.717) is 5.82 Å². The van der Waals surface area contributed by atoms with Crippen LogP contribution in [0.25, 0.3) is 0 Å². The van der Waals surface area contributed by atoms with Crippen molar-refractivity contribution in [1.29, 1.82) is 0 Å². The third-order valence-corrected chi connectivity index (χ3v) is 4.21. The smallest absolute Gasteiger partial charge is 0.242 e. The lowest BCUT2D eigenvalue weighted by atomic mass is 10.0. The number of hydrogen-bond acceptors (Lipinski definition) is 5. The molecule has 8 heteroatoms. The van der Waals surface area contributed by atoms with Crippen LogP contribution in [0.3, 0.4) is 0 Å². The summed E-state index contributed by atoms with van der Waals surface area (Å²) in [5, 5.41) is 5.56. The van der Waals surface area contributed by atoms with Crippen molar-refractivity contribution in [3.05, 3.63) is 18.3 Å². The molecular formula is C12H20N4O3S. The minimum Gasteiger partial charge on any atom is -0.358 e. The summed E-state index contributed by atoms with van der Waals surface area (Å²) in [6.45, 7) is 3.82. The van der Waals surface area contributed by atoms with Gasteiger partial charge in [0, 0.05) is 13.2 Å². The summed E-state index contributed by atoms with van der Waals surface area (Å²) in [5.74, 6) is 0.369. The first-order valence-electron chi connectivity index (χ1n) is 6.19. The highest BCUT2D eigenvalue weighted by atomic mass is 32.2. The highest BCUT2D eigenvalue weighted by Crippen LogP contribution is 2.13. The van der Waals surface area contributed by atoms with Crippen molar-refractivity contribution in [1.82, 2.24) is 15.0 Å². The largest absolute Gasteiger partial charge is 0.358 e. The van der Waals surface area contributed by atoms with Crippen molar-refractivity contribution in [2.24, 2.45) is 5.92 Å². The van der Waals surface area contributed by atoms with Gasteiger partial charge in [-0.1, -0.05) is 13.8 Å². The zero-order valence-corrected chi connectivity index (χ0v) is 12.8. The number of anilines is 1. The van der Waals surface area contributed by atoms with E-state index in [4.69, 9.17) is 0 Å². The molecule has 0 aromatic carbocycles. The Labute approximate surface area is 119 Å². The fourth-order valence-corrected chi connectivity index (χ4v) is 2.27. The van der Waals surface area contributed by atoms with Gasteiger partial charge in [-0.2, -0.15) is 0 Å². The minimum atomic E-state index is -3.50. The van der Waals surface area contributed by atoms with E-state index in [0.717, 1.165) is 0 Å². The number of carbonyl (C=O) groups excluding carboxylic acids is 1. The Bertz CT molecular complexity index is 555. The lowest BCUT2D eigenvalue weighted by Gasteiger charge is -2.21. The van der Waals surface area contributed by atoms with Gasteiger partial charge in [-0.3, -0.25) is 4.79 Å². The first kappa shape index (κ1) is 16.4. The summed E-state index contributed by atoms with van der Waals surface area (Å²) < 4.78 is 25.3. The van der Waals surface area contributed by atoms with Gasteiger partial charge in [-0.25, -0.2) is 18.1 Å². The van der Waals surface area contributed by atoms with Crippen molar-refractivity contribution in [3.8, 4) is 0 Å². The second-order valence-corrected chi connectivity index (χ2v) is 6.45. The molecule has 0 aliphatic carbocycles. The molecule has 1 amide bonds. The van der Waals surface area contributed by atoms with Gasteiger partial charge < -0.3 is 10.6 Å². The third kappa shape index (κ3) is 3.91. The summed E-state index contributed by atoms with van der Waals surface area (Å²) in [7, 11) is -0.600. The fourth-order valence-electron chi connectivity index (χ4n) is 1.59. The van der Waals surface area contributed by atoms with Crippen LogP contribution in [0.15, 0.2) is 23.2 Å². The zero-order valence-electron chi connectivity index (χ0n) is 12.0. The van der Waals surface area contributed by atoms with Gasteiger partial charge in [0.25, 0.3) is 0 Å². The topological polar surface area (TPSA) is 100 Å². The van der Waals surface area contributed by atoms with E-state index in [9.17, 15) is 13.2 Å². The van der Waals surface area contributed by atoms with Gasteiger partial charge in [0.15, 0.2) is 0 Å². The maximum atomic E-state index is 11.7. The monoisotopic (exact) mass is 300 g/mol. The zero-order chi connectivity index (χ0) is 15.3. The van der Waals surface area contributed by atoms with E-state index in [1.807, 2.05) is 13.8 Å². The van der Waals surface area contributed by atoms with Gasteiger partial charge in [0.05, 0.1) is 0 Å². The molecular weight excluding hydrogens is 280 g/mol. The Balaban J connectivity index is 2.91. The molecule has 0 bridgehead atoms. The molecule has 1 aromatic heterocycles. The number of nitrogens with zero attached hydrogens (tertiary/aromatic N) is 1. The molecule has 0 radical (unpaired) electrons. The number of amides is 1. The summed E-state index contributed by atoms with van der Waals surface area (Å²) in [5.41, 5.74) is 0. The molecule has 7 nitrogen and oxygen atoms in total. The molecule has 0 spiro atoms. The van der Waals surface area contributed by atoms with E-state index in [-0.39, 0.29) is 16.7 Å². The van der Waals surface area contributed by atoms with Gasteiger partial charge in [-0.05, 0) is 25.1 Å². The molecule has 20 heavy (non-hydrogen) atoms. The number of pyridine rings is 1. The maximum absolute atomic E-state index is 11.7. The van der Waals surface area contributed by atoms with Crippen LogP contribution in [0.5, 0.6) is 0 Å². The first-order valence-corrected chi connectivity index (χ1v) is 7.68. The van der Waals surface area contributed by atoms with Crippen LogP contribution >= 0.6 is 0 Å². The predicted molar refractivity (Wildman–Crippen MR) is 76.8 cm³/mol. The van der Waals surface area contributed by atoms with E-state index >= 15 is 0 Å². The second-order valence-electron chi connectivity index (χ2n) is 4.57. The molecule has 1 aromatic rings. The molecule has 0 fully saturated rings. The average Bonchev–Trinajstić information content (AvgIpc) is 2.44. The predicted octanol–water partition coefficient (Wildman–Crippen LogP) is 0.172. The number of hydrogen-bond donors (Lipinski definition) is 3. The normalized spacial score (nSPS) is 13.1. The maximum Gasteiger partial charge on any atom is 0.242 e. The number of likely N-dealkylation sites (N-methyl/N-ethyl adjacent to an activating group) is 1. The molecule has 0 aliphatic heterocycles. The summed E-state index contributed by atoms with van der Waals surface area (Å²) in [6, 6.07) is 2.53. The van der Waals surface area contributed by atoms with Crippen molar-refractivity contribution < 1.29 is 13.2 Å². The first-order chi connectivity index (χ1) is 9.31. The van der Waals surface area contributed by atoms with Crippen molar-refractivity contribution in [2.75, 3.05) is 19.4 Å². The summed E-state index contributed by atoms with van der Waals surface area (Å²) in [6.07, 6.45) is 1.25. The van der Waals surface area contributed by atoms with Crippen molar-refractivity contribution in [3.63, 3.8) is 0 Å². The molecule has 1 heterocycles. The highest BCUT2D eigenvalue weighted by Gasteiger charge is 2.21. The fraction of sp³-hybridized carbons (Fsp3) is 0.500. The van der Waals surface area contributed by atoms with Gasteiger partial charge in [0.2, 0.25) is 15.9 Å². The molecule has 1 unspecified atom stereocenters. The molecule has 0 aliphatic rings. The Hall–Kier alpha value is -1.67. The van der Waals surface area contributed by atoms with Crippen LogP contribution in [-0.2, 0) is 14.8 Å². The lowest BCUT2D eigenvalue weighted by Crippen LogP contribution is -2.41. The Kier molecular flexibility index (Phi) is 5.46. The van der Waals surface area contributed by atoms with Gasteiger partial charge in [0.1, 0.15) is 16.8 Å². The number of sulfonamides is 1. The van der Waals surface area contributed by atoms with E-state index in [1.165, 1.54) is 25.4 Å². The molecule has 1 rings (SSSR count). The number of nitrogens with one attached hydrogen (secondary N) is 3. The lowest BCUT2D eigenvalue weighted by molar-refractivity contribution is -0.122. The van der Waals surface area contributed by atoms with Crippen LogP contribution in [0.1, 0.15) is 13.8 Å².